The summed E-state index contributed by atoms with van der Waals surface area (Å²) in [6.07, 6.45) is 0. The Balaban J connectivity index is 2.27. The molecule has 7 heteroatoms. The molecule has 124 valence electrons. The fourth-order valence-corrected chi connectivity index (χ4v) is 2.52. The van der Waals surface area contributed by atoms with Gasteiger partial charge < -0.3 is 0 Å². The van der Waals surface area contributed by atoms with E-state index in [0.717, 1.165) is 0 Å². The van der Waals surface area contributed by atoms with Crippen LogP contribution in [0, 0.1) is 20.2 Å². The maximum absolute atomic E-state index is 12.7. The first-order chi connectivity index (χ1) is 11.3. The Hall–Kier alpha value is -3.09. The van der Waals surface area contributed by atoms with Crippen LogP contribution in [-0.2, 0) is 4.79 Å². The number of benzene rings is 2. The average Bonchev–Trinajstić information content (AvgIpc) is 2.59. The van der Waals surface area contributed by atoms with Crippen molar-refractivity contribution in [2.24, 2.45) is 0 Å². The first-order valence-electron chi connectivity index (χ1n) is 7.33. The van der Waals surface area contributed by atoms with Gasteiger partial charge in [0.2, 0.25) is 0 Å². The minimum Gasteiger partial charge on any atom is -0.298 e. The van der Waals surface area contributed by atoms with Crippen molar-refractivity contribution in [3.63, 3.8) is 0 Å². The number of hydrogen-bond donors (Lipinski definition) is 0. The Labute approximate surface area is 138 Å². The first kappa shape index (κ1) is 17.3. The fraction of sp³-hybridized carbons (Fsp3) is 0.235. The third-order valence-electron chi connectivity index (χ3n) is 4.02. The zero-order valence-corrected chi connectivity index (χ0v) is 13.2. The Morgan fingerprint density at radius 2 is 1.21 bits per heavy atom. The van der Waals surface area contributed by atoms with Gasteiger partial charge in [0.25, 0.3) is 11.4 Å². The molecule has 2 atom stereocenters. The van der Waals surface area contributed by atoms with Crippen molar-refractivity contribution in [1.82, 2.24) is 0 Å². The quantitative estimate of drug-likeness (QED) is 0.589. The Bertz CT molecular complexity index is 738. The number of carbonyl (C=O) groups excluding carboxylic acids is 1. The van der Waals surface area contributed by atoms with E-state index in [2.05, 4.69) is 0 Å². The molecule has 2 rings (SSSR count). The molecule has 0 N–H and O–H groups in total. The van der Waals surface area contributed by atoms with E-state index in [1.807, 2.05) is 0 Å². The van der Waals surface area contributed by atoms with Gasteiger partial charge in [-0.2, -0.15) is 0 Å². The van der Waals surface area contributed by atoms with Crippen molar-refractivity contribution in [1.29, 1.82) is 0 Å². The second kappa shape index (κ2) is 6.99. The maximum Gasteiger partial charge on any atom is 0.269 e. The average molecular weight is 328 g/mol. The SMILES string of the molecule is CC(C(=O)C(C)c1cccc([N+](=O)[O-])c1)c1cccc([N+](=O)[O-])c1. The van der Waals surface area contributed by atoms with E-state index in [4.69, 9.17) is 0 Å². The summed E-state index contributed by atoms with van der Waals surface area (Å²) in [4.78, 5) is 33.4. The van der Waals surface area contributed by atoms with Gasteiger partial charge in [-0.3, -0.25) is 25.0 Å². The summed E-state index contributed by atoms with van der Waals surface area (Å²) in [5, 5.41) is 21.7. The highest BCUT2D eigenvalue weighted by atomic mass is 16.6. The molecule has 0 amide bonds. The highest BCUT2D eigenvalue weighted by molar-refractivity contribution is 5.91. The van der Waals surface area contributed by atoms with Crippen LogP contribution in [0.1, 0.15) is 36.8 Å². The molecule has 0 radical (unpaired) electrons. The highest BCUT2D eigenvalue weighted by Gasteiger charge is 2.25. The minimum atomic E-state index is -0.556. The molecule has 0 aliphatic rings. The summed E-state index contributed by atoms with van der Waals surface area (Å²) in [6, 6.07) is 11.9. The first-order valence-corrected chi connectivity index (χ1v) is 7.33. The van der Waals surface area contributed by atoms with E-state index in [9.17, 15) is 25.0 Å². The summed E-state index contributed by atoms with van der Waals surface area (Å²) in [5.74, 6) is -1.27. The van der Waals surface area contributed by atoms with Crippen LogP contribution in [0.3, 0.4) is 0 Å². The third-order valence-corrected chi connectivity index (χ3v) is 4.02. The standard InChI is InChI=1S/C17H16N2O5/c1-11(13-5-3-7-15(9-13)18(21)22)17(20)12(2)14-6-4-8-16(10-14)19(23)24/h3-12H,1-2H3. The van der Waals surface area contributed by atoms with Gasteiger partial charge in [0.1, 0.15) is 5.78 Å². The molecule has 0 spiro atoms. The molecule has 0 bridgehead atoms. The van der Waals surface area contributed by atoms with Crippen LogP contribution in [0.15, 0.2) is 48.5 Å². The molecule has 2 aromatic rings. The predicted octanol–water partition coefficient (Wildman–Crippen LogP) is 3.98. The van der Waals surface area contributed by atoms with Gasteiger partial charge in [0.15, 0.2) is 0 Å². The molecule has 0 aliphatic heterocycles. The summed E-state index contributed by atoms with van der Waals surface area (Å²) in [5.41, 5.74) is 0.947. The van der Waals surface area contributed by atoms with E-state index in [1.165, 1.54) is 36.4 Å². The second-order valence-corrected chi connectivity index (χ2v) is 5.55. The van der Waals surface area contributed by atoms with Crippen molar-refractivity contribution < 1.29 is 14.6 Å². The Morgan fingerprint density at radius 3 is 1.54 bits per heavy atom. The van der Waals surface area contributed by atoms with Gasteiger partial charge in [-0.25, -0.2) is 0 Å². The lowest BCUT2D eigenvalue weighted by Gasteiger charge is -2.17. The lowest BCUT2D eigenvalue weighted by Crippen LogP contribution is -2.16. The number of rotatable bonds is 6. The van der Waals surface area contributed by atoms with Crippen LogP contribution >= 0.6 is 0 Å². The molecule has 2 aromatic carbocycles. The van der Waals surface area contributed by atoms with Crippen molar-refractivity contribution in [3.8, 4) is 0 Å². The number of Topliss-reactive ketones (excluding diaryl/α,β-unsaturated/α-hetero) is 1. The predicted molar refractivity (Wildman–Crippen MR) is 88.0 cm³/mol. The monoisotopic (exact) mass is 328 g/mol. The van der Waals surface area contributed by atoms with Gasteiger partial charge in [-0.15, -0.1) is 0 Å². The third kappa shape index (κ3) is 3.62. The van der Waals surface area contributed by atoms with Gasteiger partial charge in [0.05, 0.1) is 9.85 Å². The smallest absolute Gasteiger partial charge is 0.269 e. The molecule has 7 nitrogen and oxygen atoms in total. The topological polar surface area (TPSA) is 103 Å². The lowest BCUT2D eigenvalue weighted by atomic mass is 9.85. The number of non-ortho nitro benzene ring substituents is 2. The maximum atomic E-state index is 12.7. The fourth-order valence-electron chi connectivity index (χ4n) is 2.52. The molecule has 0 heterocycles. The number of ketones is 1. The number of carbonyl (C=O) groups is 1. The molecule has 0 saturated heterocycles. The van der Waals surface area contributed by atoms with Gasteiger partial charge in [-0.1, -0.05) is 38.1 Å². The van der Waals surface area contributed by atoms with Crippen molar-refractivity contribution in [3.05, 3.63) is 79.9 Å². The zero-order valence-electron chi connectivity index (χ0n) is 13.2. The number of nitro benzene ring substituents is 2. The van der Waals surface area contributed by atoms with E-state index < -0.39 is 21.7 Å². The van der Waals surface area contributed by atoms with Crippen molar-refractivity contribution >= 4 is 17.2 Å². The van der Waals surface area contributed by atoms with E-state index in [1.54, 1.807) is 26.0 Å². The van der Waals surface area contributed by atoms with Gasteiger partial charge >= 0.3 is 0 Å². The van der Waals surface area contributed by atoms with Crippen LogP contribution in [0.5, 0.6) is 0 Å². The van der Waals surface area contributed by atoms with Crippen LogP contribution in [0.4, 0.5) is 11.4 Å². The van der Waals surface area contributed by atoms with Crippen LogP contribution < -0.4 is 0 Å². The van der Waals surface area contributed by atoms with Crippen LogP contribution in [0.2, 0.25) is 0 Å². The number of nitro groups is 2. The Morgan fingerprint density at radius 1 is 0.833 bits per heavy atom. The molecule has 0 fully saturated rings. The summed E-state index contributed by atoms with van der Waals surface area (Å²) < 4.78 is 0. The minimum absolute atomic E-state index is 0.0739. The molecule has 24 heavy (non-hydrogen) atoms. The van der Waals surface area contributed by atoms with E-state index in [0.29, 0.717) is 11.1 Å². The van der Waals surface area contributed by atoms with Gasteiger partial charge in [-0.05, 0) is 11.1 Å². The highest BCUT2D eigenvalue weighted by Crippen LogP contribution is 2.29. The second-order valence-electron chi connectivity index (χ2n) is 5.55. The Kier molecular flexibility index (Phi) is 5.03. The normalized spacial score (nSPS) is 13.1. The number of hydrogen-bond acceptors (Lipinski definition) is 5. The lowest BCUT2D eigenvalue weighted by molar-refractivity contribution is -0.385. The molecule has 0 aromatic heterocycles. The largest absolute Gasteiger partial charge is 0.298 e. The molecule has 0 aliphatic carbocycles. The van der Waals surface area contributed by atoms with Crippen LogP contribution in [0.25, 0.3) is 0 Å². The van der Waals surface area contributed by atoms with Gasteiger partial charge in [0, 0.05) is 36.1 Å². The molecule has 0 saturated carbocycles. The van der Waals surface area contributed by atoms with Crippen molar-refractivity contribution in [2.75, 3.05) is 0 Å². The van der Waals surface area contributed by atoms with Crippen LogP contribution in [-0.4, -0.2) is 15.6 Å². The number of nitrogens with zero attached hydrogens (tertiary/aromatic N) is 2. The molecular weight excluding hydrogens is 312 g/mol. The summed E-state index contributed by atoms with van der Waals surface area (Å²) in [6.45, 7) is 3.35. The van der Waals surface area contributed by atoms with Crippen molar-refractivity contribution in [2.45, 2.75) is 25.7 Å². The molecular formula is C17H16N2O5. The zero-order chi connectivity index (χ0) is 17.9. The van der Waals surface area contributed by atoms with E-state index >= 15 is 0 Å². The summed E-state index contributed by atoms with van der Waals surface area (Å²) >= 11 is 0. The van der Waals surface area contributed by atoms with E-state index in [-0.39, 0.29) is 17.2 Å². The molecule has 2 unspecified atom stereocenters. The summed E-state index contributed by atoms with van der Waals surface area (Å²) in [7, 11) is 0.